The Labute approximate surface area is 385 Å². The Kier molecular flexibility index (Phi) is 12.4. The highest BCUT2D eigenvalue weighted by Gasteiger charge is 2.18. The number of hydrogen-bond donors (Lipinski definition) is 4. The number of rotatable bonds is 7. The monoisotopic (exact) mass is 899 g/mol. The third-order valence-electron chi connectivity index (χ3n) is 12.1. The number of benzene rings is 2. The number of hydrogen-bond acceptors (Lipinski definition) is 10. The van der Waals surface area contributed by atoms with E-state index in [1.165, 1.54) is 10.9 Å². The molecule has 0 saturated heterocycles. The Bertz CT molecular complexity index is 3400. The zero-order chi connectivity index (χ0) is 47.8. The predicted molar refractivity (Wildman–Crippen MR) is 262 cm³/mol. The van der Waals surface area contributed by atoms with Gasteiger partial charge in [0.15, 0.2) is 0 Å². The largest absolute Gasteiger partial charge is 0.394 e. The summed E-state index contributed by atoms with van der Waals surface area (Å²) in [6.07, 6.45) is 9.39. The maximum atomic E-state index is 12.7. The third kappa shape index (κ3) is 8.95. The number of H-pyrrole nitrogens is 3. The first-order chi connectivity index (χ1) is 32.0. The molecular weight excluding hydrogens is 847 g/mol. The molecule has 0 spiro atoms. The van der Waals surface area contributed by atoms with Gasteiger partial charge in [-0.15, -0.1) is 0 Å². The maximum absolute atomic E-state index is 12.7. The van der Waals surface area contributed by atoms with E-state index in [2.05, 4.69) is 56.4 Å². The molecule has 10 rings (SSSR count). The summed E-state index contributed by atoms with van der Waals surface area (Å²) in [6, 6.07) is 17.6. The lowest BCUT2D eigenvalue weighted by Gasteiger charge is -2.12. The van der Waals surface area contributed by atoms with Gasteiger partial charge in [-0.05, 0) is 122 Å². The maximum Gasteiger partial charge on any atom is 0.274 e. The van der Waals surface area contributed by atoms with Crippen molar-refractivity contribution < 1.29 is 13.6 Å². The quantitative estimate of drug-likeness (QED) is 0.119. The first-order valence-electron chi connectivity index (χ1n) is 21.8. The summed E-state index contributed by atoms with van der Waals surface area (Å²) >= 11 is 0. The highest BCUT2D eigenvalue weighted by molar-refractivity contribution is 5.87. The van der Waals surface area contributed by atoms with E-state index in [1.54, 1.807) is 28.3 Å². The molecule has 0 amide bonds. The number of pyridine rings is 3. The van der Waals surface area contributed by atoms with Crippen LogP contribution in [0.25, 0.3) is 55.2 Å². The highest BCUT2D eigenvalue weighted by Crippen LogP contribution is 2.30. The topological polar surface area (TPSA) is 213 Å². The average Bonchev–Trinajstić information content (AvgIpc) is 4.12. The molecule has 2 aromatic carbocycles. The molecule has 0 bridgehead atoms. The summed E-state index contributed by atoms with van der Waals surface area (Å²) in [6.45, 7) is 20.0. The van der Waals surface area contributed by atoms with E-state index >= 15 is 0 Å². The molecule has 5 N–H and O–H groups in total. The average molecular weight is 900 g/mol. The van der Waals surface area contributed by atoms with Gasteiger partial charge in [0.2, 0.25) is 0 Å². The number of aromatic amines is 3. The Balaban J connectivity index is 0.000000142. The number of aryl methyl sites for hydroxylation is 10. The minimum atomic E-state index is -0.203. The molecule has 0 atom stereocenters. The van der Waals surface area contributed by atoms with Crippen LogP contribution < -0.4 is 22.4 Å². The Morgan fingerprint density at radius 1 is 0.507 bits per heavy atom. The molecule has 342 valence electrons. The lowest BCUT2D eigenvalue weighted by atomic mass is 10.0. The van der Waals surface area contributed by atoms with E-state index in [0.29, 0.717) is 30.0 Å². The normalized spacial score (nSPS) is 11.2. The van der Waals surface area contributed by atoms with Gasteiger partial charge >= 0.3 is 0 Å². The van der Waals surface area contributed by atoms with E-state index in [0.717, 1.165) is 95.1 Å². The van der Waals surface area contributed by atoms with Crippen molar-refractivity contribution in [1.82, 2.24) is 39.6 Å². The van der Waals surface area contributed by atoms with Crippen molar-refractivity contribution >= 4 is 27.5 Å². The fraction of sp³-hybridized carbons (Fsp3) is 0.231. The number of nitrogens with two attached hydrogens (primary N) is 1. The second-order valence-corrected chi connectivity index (χ2v) is 17.1. The van der Waals surface area contributed by atoms with E-state index in [1.807, 2.05) is 110 Å². The molecular formula is C52H53N9O6. The van der Waals surface area contributed by atoms with Gasteiger partial charge in [-0.25, -0.2) is 0 Å². The number of nitrogens with zero attached hydrogens (tertiary/aromatic N) is 5. The SMILES string of the molecule is Cc1noc(C)c1-c1c[nH]c(=O)c(C)c1.Cc1noc(C)c1-c1cc(C)c(=O)n(Cc2cccc3[nH]cc(C)c23)c1.Cc1noc(C)c1-c1cc(N)c(=O)n(Cc2cccc3[nH]cc(C)c23)c1. The van der Waals surface area contributed by atoms with Gasteiger partial charge in [-0.2, -0.15) is 0 Å². The minimum Gasteiger partial charge on any atom is -0.394 e. The van der Waals surface area contributed by atoms with Crippen LogP contribution in [-0.4, -0.2) is 39.6 Å². The van der Waals surface area contributed by atoms with Crippen molar-refractivity contribution in [2.75, 3.05) is 5.73 Å². The van der Waals surface area contributed by atoms with Crippen LogP contribution in [0.4, 0.5) is 5.69 Å². The van der Waals surface area contributed by atoms with Crippen molar-refractivity contribution in [3.8, 4) is 33.4 Å². The van der Waals surface area contributed by atoms with Crippen molar-refractivity contribution in [2.45, 2.75) is 82.3 Å². The second-order valence-electron chi connectivity index (χ2n) is 17.1. The summed E-state index contributed by atoms with van der Waals surface area (Å²) < 4.78 is 19.1. The van der Waals surface area contributed by atoms with E-state index in [-0.39, 0.29) is 22.4 Å². The van der Waals surface area contributed by atoms with Crippen molar-refractivity contribution in [3.63, 3.8) is 0 Å². The number of anilines is 1. The van der Waals surface area contributed by atoms with Crippen LogP contribution in [0.1, 0.15) is 67.7 Å². The third-order valence-corrected chi connectivity index (χ3v) is 12.1. The Morgan fingerprint density at radius 3 is 1.39 bits per heavy atom. The van der Waals surface area contributed by atoms with Gasteiger partial charge in [0.25, 0.3) is 16.7 Å². The van der Waals surface area contributed by atoms with Crippen molar-refractivity contribution in [3.05, 3.63) is 184 Å². The lowest BCUT2D eigenvalue weighted by Crippen LogP contribution is -2.23. The van der Waals surface area contributed by atoms with Gasteiger partial charge in [0.1, 0.15) is 17.3 Å². The smallest absolute Gasteiger partial charge is 0.274 e. The molecule has 0 aliphatic carbocycles. The van der Waals surface area contributed by atoms with Crippen LogP contribution in [0.3, 0.4) is 0 Å². The summed E-state index contributed by atoms with van der Waals surface area (Å²) in [5.74, 6) is 2.23. The minimum absolute atomic E-state index is 0.0192. The summed E-state index contributed by atoms with van der Waals surface area (Å²) in [4.78, 5) is 45.8. The molecule has 67 heavy (non-hydrogen) atoms. The van der Waals surface area contributed by atoms with E-state index in [9.17, 15) is 14.4 Å². The molecule has 0 fully saturated rings. The Morgan fingerprint density at radius 2 is 0.940 bits per heavy atom. The fourth-order valence-corrected chi connectivity index (χ4v) is 8.90. The first-order valence-corrected chi connectivity index (χ1v) is 21.8. The summed E-state index contributed by atoms with van der Waals surface area (Å²) in [5.41, 5.74) is 22.0. The van der Waals surface area contributed by atoms with Crippen LogP contribution >= 0.6 is 0 Å². The van der Waals surface area contributed by atoms with Gasteiger partial charge < -0.3 is 43.4 Å². The van der Waals surface area contributed by atoms with E-state index < -0.39 is 0 Å². The highest BCUT2D eigenvalue weighted by atomic mass is 16.5. The number of nitrogens with one attached hydrogen (secondary N) is 3. The summed E-state index contributed by atoms with van der Waals surface area (Å²) in [5, 5.41) is 14.2. The van der Waals surface area contributed by atoms with Crippen LogP contribution in [0.15, 0.2) is 114 Å². The molecule has 0 aliphatic rings. The number of fused-ring (bicyclic) bond motifs is 2. The van der Waals surface area contributed by atoms with Crippen LogP contribution in [0, 0.1) is 69.2 Å². The van der Waals surface area contributed by atoms with E-state index in [4.69, 9.17) is 19.3 Å². The van der Waals surface area contributed by atoms with Gasteiger partial charge in [-0.3, -0.25) is 14.4 Å². The van der Waals surface area contributed by atoms with Gasteiger partial charge in [0.05, 0.1) is 35.9 Å². The van der Waals surface area contributed by atoms with Crippen molar-refractivity contribution in [1.29, 1.82) is 0 Å². The van der Waals surface area contributed by atoms with Gasteiger partial charge in [-0.1, -0.05) is 39.7 Å². The number of nitrogen functional groups attached to an aromatic ring is 1. The zero-order valence-corrected chi connectivity index (χ0v) is 39.3. The van der Waals surface area contributed by atoms with Crippen LogP contribution in [0.5, 0.6) is 0 Å². The molecule has 0 saturated carbocycles. The molecule has 15 heteroatoms. The molecule has 0 aliphatic heterocycles. The predicted octanol–water partition coefficient (Wildman–Crippen LogP) is 9.76. The summed E-state index contributed by atoms with van der Waals surface area (Å²) in [7, 11) is 0. The number of aromatic nitrogens is 8. The molecule has 10 aromatic rings. The van der Waals surface area contributed by atoms with Gasteiger partial charge in [0, 0.05) is 97.3 Å². The Hall–Kier alpha value is -8.20. The second kappa shape index (κ2) is 18.4. The standard InChI is InChI=1S/C21H21N3O2.C20H20N4O2.C11H12N2O2/c1-12-8-17(20-14(3)23-26-15(20)4)11-24(21(12)25)10-16-6-5-7-18-19(16)13(2)9-22-18;1-11-8-22-17-6-4-5-14(18(11)17)9-24-10-15(7-16(21)20(24)25)19-12(2)23-26-13(19)3;1-6-4-9(5-12-11(6)14)10-7(2)13-15-8(10)3/h5-9,11,22H,10H2,1-4H3;4-8,10,22H,9,21H2,1-3H3;4-5H,1-3H3,(H,12,14). The van der Waals surface area contributed by atoms with Crippen LogP contribution in [-0.2, 0) is 13.1 Å². The first kappa shape index (κ1) is 45.4. The molecule has 0 radical (unpaired) electrons. The molecule has 15 nitrogen and oxygen atoms in total. The van der Waals surface area contributed by atoms with Crippen molar-refractivity contribution in [2.24, 2.45) is 0 Å². The fourth-order valence-electron chi connectivity index (χ4n) is 8.90. The van der Waals surface area contributed by atoms with Crippen LogP contribution in [0.2, 0.25) is 0 Å². The zero-order valence-electron chi connectivity index (χ0n) is 39.3. The molecule has 8 aromatic heterocycles. The molecule has 8 heterocycles. The molecule has 0 unspecified atom stereocenters. The lowest BCUT2D eigenvalue weighted by molar-refractivity contribution is 0.393.